The molecule has 0 aromatic carbocycles. The van der Waals surface area contributed by atoms with Crippen LogP contribution < -0.4 is 0 Å². The van der Waals surface area contributed by atoms with Crippen molar-refractivity contribution < 1.29 is 38.1 Å². The van der Waals surface area contributed by atoms with Crippen molar-refractivity contribution in [1.29, 1.82) is 0 Å². The van der Waals surface area contributed by atoms with Crippen molar-refractivity contribution in [3.63, 3.8) is 0 Å². The number of carbonyl (C=O) groups excluding carboxylic acids is 4. The average molecular weight is 392 g/mol. The van der Waals surface area contributed by atoms with Gasteiger partial charge < -0.3 is 18.9 Å². The van der Waals surface area contributed by atoms with E-state index < -0.39 is 55.8 Å². The minimum absolute atomic E-state index is 0.399. The van der Waals surface area contributed by atoms with Crippen LogP contribution in [0.15, 0.2) is 56.7 Å². The number of esters is 3. The molecule has 0 amide bonds. The molecule has 0 saturated carbocycles. The van der Waals surface area contributed by atoms with Gasteiger partial charge in [0.25, 0.3) is 0 Å². The molecule has 0 spiro atoms. The lowest BCUT2D eigenvalue weighted by Crippen LogP contribution is -2.44. The molecule has 0 aliphatic rings. The van der Waals surface area contributed by atoms with Crippen LogP contribution in [-0.4, -0.2) is 60.0 Å². The summed E-state index contributed by atoms with van der Waals surface area (Å²) in [6, 6.07) is 0. The van der Waals surface area contributed by atoms with Crippen LogP contribution in [0.3, 0.4) is 0 Å². The summed E-state index contributed by atoms with van der Waals surface area (Å²) in [5, 5.41) is 0. The Kier molecular flexibility index (Phi) is 8.87. The predicted molar refractivity (Wildman–Crippen MR) is 94.9 cm³/mol. The fraction of sp³-hybridized carbons (Fsp3) is 0.278. The van der Waals surface area contributed by atoms with Gasteiger partial charge in [0.05, 0.1) is 0 Å². The Morgan fingerprint density at radius 1 is 0.821 bits per heavy atom. The summed E-state index contributed by atoms with van der Waals surface area (Å²) >= 11 is 0. The molecule has 0 aliphatic carbocycles. The highest BCUT2D eigenvalue weighted by atomic mass is 16.6. The van der Waals surface area contributed by atoms with E-state index in [1.807, 2.05) is 0 Å². The zero-order valence-corrected chi connectivity index (χ0v) is 15.1. The Morgan fingerprint density at radius 2 is 1.25 bits per heavy atom. The molecule has 0 atom stereocenters. The SMILES string of the molecule is C=CC(=O)OCC(COC(=O)C=C)(COC(=O)C=C)COC(=O)n1ccnc1. The maximum Gasteiger partial charge on any atom is 0.419 e. The smallest absolute Gasteiger partial charge is 0.419 e. The van der Waals surface area contributed by atoms with Crippen LogP contribution in [0.4, 0.5) is 4.79 Å². The first-order chi connectivity index (χ1) is 13.4. The fourth-order valence-corrected chi connectivity index (χ4v) is 1.76. The average Bonchev–Trinajstić information content (AvgIpc) is 3.26. The third-order valence-corrected chi connectivity index (χ3v) is 3.28. The molecule has 1 aromatic rings. The van der Waals surface area contributed by atoms with Crippen molar-refractivity contribution in [2.24, 2.45) is 5.41 Å². The molecule has 28 heavy (non-hydrogen) atoms. The van der Waals surface area contributed by atoms with Gasteiger partial charge in [-0.05, 0) is 0 Å². The molecule has 10 nitrogen and oxygen atoms in total. The van der Waals surface area contributed by atoms with Gasteiger partial charge in [0, 0.05) is 30.6 Å². The molecule has 1 heterocycles. The first-order valence-electron chi connectivity index (χ1n) is 7.88. The van der Waals surface area contributed by atoms with E-state index >= 15 is 0 Å². The topological polar surface area (TPSA) is 123 Å². The van der Waals surface area contributed by atoms with E-state index in [1.54, 1.807) is 0 Å². The molecule has 1 rings (SSSR count). The van der Waals surface area contributed by atoms with Crippen molar-refractivity contribution in [3.8, 4) is 0 Å². The van der Waals surface area contributed by atoms with Crippen LogP contribution in [0.2, 0.25) is 0 Å². The predicted octanol–water partition coefficient (Wildman–Crippen LogP) is 1.04. The van der Waals surface area contributed by atoms with Gasteiger partial charge in [0.2, 0.25) is 0 Å². The van der Waals surface area contributed by atoms with Gasteiger partial charge >= 0.3 is 24.0 Å². The molecule has 0 N–H and O–H groups in total. The molecule has 0 radical (unpaired) electrons. The maximum absolute atomic E-state index is 12.1. The second-order valence-corrected chi connectivity index (χ2v) is 5.46. The molecule has 0 bridgehead atoms. The van der Waals surface area contributed by atoms with Crippen LogP contribution in [0.5, 0.6) is 0 Å². The Morgan fingerprint density at radius 3 is 1.61 bits per heavy atom. The summed E-state index contributed by atoms with van der Waals surface area (Å²) in [6.45, 7) is 8.22. The van der Waals surface area contributed by atoms with Crippen molar-refractivity contribution in [3.05, 3.63) is 56.7 Å². The molecule has 0 fully saturated rings. The molecule has 0 aliphatic heterocycles. The number of hydrogen-bond acceptors (Lipinski definition) is 9. The molecular formula is C18H20N2O8. The van der Waals surface area contributed by atoms with Crippen LogP contribution in [0.1, 0.15) is 0 Å². The Hall–Kier alpha value is -3.69. The number of hydrogen-bond donors (Lipinski definition) is 0. The minimum atomic E-state index is -1.38. The fourth-order valence-electron chi connectivity index (χ4n) is 1.76. The third kappa shape index (κ3) is 7.28. The number of nitrogens with zero attached hydrogens (tertiary/aromatic N) is 2. The van der Waals surface area contributed by atoms with E-state index in [4.69, 9.17) is 18.9 Å². The van der Waals surface area contributed by atoms with Crippen LogP contribution in [0, 0.1) is 5.41 Å². The van der Waals surface area contributed by atoms with Crippen molar-refractivity contribution in [1.82, 2.24) is 9.55 Å². The second kappa shape index (κ2) is 11.1. The van der Waals surface area contributed by atoms with E-state index in [1.165, 1.54) is 18.7 Å². The number of rotatable bonds is 11. The van der Waals surface area contributed by atoms with Crippen molar-refractivity contribution >= 4 is 24.0 Å². The molecule has 150 valence electrons. The standard InChI is InChI=1S/C18H20N2O8/c1-4-14(21)25-9-18(10-26-15(22)5-2,11-27-16(23)6-3)12-28-17(24)20-8-7-19-13-20/h4-8,13H,1-3,9-12H2. The van der Waals surface area contributed by atoms with Gasteiger partial charge in [-0.2, -0.15) is 0 Å². The Bertz CT molecular complexity index is 679. The van der Waals surface area contributed by atoms with Gasteiger partial charge in [0.1, 0.15) is 38.2 Å². The van der Waals surface area contributed by atoms with Crippen molar-refractivity contribution in [2.45, 2.75) is 0 Å². The van der Waals surface area contributed by atoms with Crippen LogP contribution in [-0.2, 0) is 33.3 Å². The van der Waals surface area contributed by atoms with Crippen LogP contribution >= 0.6 is 0 Å². The molecule has 0 unspecified atom stereocenters. The Balaban J connectivity index is 3.00. The summed E-state index contributed by atoms with van der Waals surface area (Å²) in [4.78, 5) is 50.2. The normalized spacial score (nSPS) is 10.3. The third-order valence-electron chi connectivity index (χ3n) is 3.28. The van der Waals surface area contributed by atoms with E-state index in [0.29, 0.717) is 0 Å². The van der Waals surface area contributed by atoms with Gasteiger partial charge in [0.15, 0.2) is 0 Å². The van der Waals surface area contributed by atoms with Gasteiger partial charge in [-0.25, -0.2) is 28.7 Å². The quantitative estimate of drug-likeness (QED) is 0.309. The van der Waals surface area contributed by atoms with Gasteiger partial charge in [-0.3, -0.25) is 0 Å². The first-order valence-corrected chi connectivity index (χ1v) is 7.88. The lowest BCUT2D eigenvalue weighted by Gasteiger charge is -2.31. The highest BCUT2D eigenvalue weighted by molar-refractivity contribution is 5.82. The maximum atomic E-state index is 12.1. The first kappa shape index (κ1) is 22.4. The van der Waals surface area contributed by atoms with Gasteiger partial charge in [-0.15, -0.1) is 0 Å². The van der Waals surface area contributed by atoms with Crippen molar-refractivity contribution in [2.75, 3.05) is 26.4 Å². The summed E-state index contributed by atoms with van der Waals surface area (Å²) in [5.74, 6) is -2.30. The van der Waals surface area contributed by atoms with Crippen LogP contribution in [0.25, 0.3) is 0 Å². The molecule has 1 aromatic heterocycles. The summed E-state index contributed by atoms with van der Waals surface area (Å²) in [6.07, 6.45) is 5.93. The monoisotopic (exact) mass is 392 g/mol. The largest absolute Gasteiger partial charge is 0.462 e. The van der Waals surface area contributed by atoms with Gasteiger partial charge in [-0.1, -0.05) is 19.7 Å². The highest BCUT2D eigenvalue weighted by Gasteiger charge is 2.37. The number of ether oxygens (including phenoxy) is 4. The van der Waals surface area contributed by atoms with E-state index in [9.17, 15) is 19.2 Å². The number of imidazole rings is 1. The number of aromatic nitrogens is 2. The highest BCUT2D eigenvalue weighted by Crippen LogP contribution is 2.22. The molecule has 10 heteroatoms. The Labute approximate surface area is 161 Å². The lowest BCUT2D eigenvalue weighted by molar-refractivity contribution is -0.159. The summed E-state index contributed by atoms with van der Waals surface area (Å²) in [7, 11) is 0. The zero-order chi connectivity index (χ0) is 21.0. The summed E-state index contributed by atoms with van der Waals surface area (Å²) < 4.78 is 21.3. The summed E-state index contributed by atoms with van der Waals surface area (Å²) in [5.41, 5.74) is -1.38. The molecule has 0 saturated heterocycles. The van der Waals surface area contributed by atoms with E-state index in [2.05, 4.69) is 24.7 Å². The molecular weight excluding hydrogens is 372 g/mol. The van der Waals surface area contributed by atoms with E-state index in [-0.39, 0.29) is 0 Å². The number of carbonyl (C=O) groups is 4. The zero-order valence-electron chi connectivity index (χ0n) is 15.1. The lowest BCUT2D eigenvalue weighted by atomic mass is 9.92. The van der Waals surface area contributed by atoms with E-state index in [0.717, 1.165) is 22.8 Å². The second-order valence-electron chi connectivity index (χ2n) is 5.46. The minimum Gasteiger partial charge on any atom is -0.462 e.